The first-order valence-corrected chi connectivity index (χ1v) is 6.59. The second-order valence-electron chi connectivity index (χ2n) is 4.48. The fourth-order valence-corrected chi connectivity index (χ4v) is 1.90. The van der Waals surface area contributed by atoms with Crippen LogP contribution in [0.4, 0.5) is 5.69 Å². The molecule has 0 aliphatic heterocycles. The average Bonchev–Trinajstić information content (AvgIpc) is 2.46. The third-order valence-electron chi connectivity index (χ3n) is 2.99. The van der Waals surface area contributed by atoms with Crippen LogP contribution in [0.1, 0.15) is 24.1 Å². The maximum absolute atomic E-state index is 11.7. The highest BCUT2D eigenvalue weighted by atomic mass is 35.5. The second kappa shape index (κ2) is 6.37. The van der Waals surface area contributed by atoms with Gasteiger partial charge in [-0.2, -0.15) is 0 Å². The molecule has 0 amide bonds. The van der Waals surface area contributed by atoms with E-state index in [1.807, 2.05) is 19.1 Å². The Balaban J connectivity index is 2.22. The summed E-state index contributed by atoms with van der Waals surface area (Å²) in [5.74, 6) is -0.298. The van der Waals surface area contributed by atoms with Crippen molar-refractivity contribution in [1.29, 1.82) is 0 Å². The van der Waals surface area contributed by atoms with Crippen molar-refractivity contribution < 1.29 is 10.0 Å². The summed E-state index contributed by atoms with van der Waals surface area (Å²) in [6.45, 7) is 1.86. The summed E-state index contributed by atoms with van der Waals surface area (Å²) in [6.07, 6.45) is 1.37. The van der Waals surface area contributed by atoms with Gasteiger partial charge in [0.05, 0.1) is 11.0 Å². The van der Waals surface area contributed by atoms with Crippen LogP contribution in [0.3, 0.4) is 0 Å². The average molecular weight is 304 g/mol. The number of hydrogen-bond donors (Lipinski definition) is 0. The number of rotatable bonds is 4. The molecule has 5 nitrogen and oxygen atoms in total. The van der Waals surface area contributed by atoms with Gasteiger partial charge in [-0.25, -0.2) is 0 Å². The van der Waals surface area contributed by atoms with Crippen LogP contribution < -0.4 is 5.11 Å². The van der Waals surface area contributed by atoms with Gasteiger partial charge in [-0.1, -0.05) is 35.5 Å². The van der Waals surface area contributed by atoms with Crippen molar-refractivity contribution in [3.8, 4) is 5.75 Å². The van der Waals surface area contributed by atoms with Crippen molar-refractivity contribution in [1.82, 2.24) is 0 Å². The van der Waals surface area contributed by atoms with Crippen molar-refractivity contribution in [2.75, 3.05) is 0 Å². The van der Waals surface area contributed by atoms with Crippen LogP contribution in [0.15, 0.2) is 47.5 Å². The van der Waals surface area contributed by atoms with E-state index >= 15 is 0 Å². The second-order valence-corrected chi connectivity index (χ2v) is 4.92. The van der Waals surface area contributed by atoms with Gasteiger partial charge in [-0.15, -0.1) is 0 Å². The molecule has 6 heteroatoms. The van der Waals surface area contributed by atoms with Crippen molar-refractivity contribution in [2.45, 2.75) is 13.0 Å². The standard InChI is InChI=1S/C15H13ClN2O3/c1-10(11-2-4-13(16)5-3-11)17-9-12-8-14(18(20)21)6-7-15(12)19/h2-10,19H,1H3/p-1/t10-/m0/s1. The minimum atomic E-state index is -0.542. The van der Waals surface area contributed by atoms with E-state index in [2.05, 4.69) is 4.99 Å². The molecule has 0 aliphatic rings. The van der Waals surface area contributed by atoms with Gasteiger partial charge in [0.15, 0.2) is 0 Å². The predicted octanol–water partition coefficient (Wildman–Crippen LogP) is 3.50. The molecule has 0 saturated heterocycles. The maximum Gasteiger partial charge on any atom is 0.270 e. The van der Waals surface area contributed by atoms with Gasteiger partial charge in [0.1, 0.15) is 0 Å². The molecule has 2 aromatic carbocycles. The first-order valence-electron chi connectivity index (χ1n) is 6.21. The summed E-state index contributed by atoms with van der Waals surface area (Å²) in [6, 6.07) is 10.6. The molecule has 0 bridgehead atoms. The third kappa shape index (κ3) is 3.79. The molecule has 1 atom stereocenters. The van der Waals surface area contributed by atoms with E-state index in [0.717, 1.165) is 5.56 Å². The van der Waals surface area contributed by atoms with Gasteiger partial charge in [-0.3, -0.25) is 15.1 Å². The van der Waals surface area contributed by atoms with E-state index in [1.54, 1.807) is 12.1 Å². The third-order valence-corrected chi connectivity index (χ3v) is 3.25. The quantitative estimate of drug-likeness (QED) is 0.492. The van der Waals surface area contributed by atoms with Crippen LogP contribution in [0.25, 0.3) is 0 Å². The summed E-state index contributed by atoms with van der Waals surface area (Å²) in [5.41, 5.74) is 1.01. The van der Waals surface area contributed by atoms with Gasteiger partial charge < -0.3 is 5.11 Å². The van der Waals surface area contributed by atoms with Crippen LogP contribution >= 0.6 is 11.6 Å². The molecular weight excluding hydrogens is 292 g/mol. The van der Waals surface area contributed by atoms with Crippen LogP contribution in [0.5, 0.6) is 5.75 Å². The Kier molecular flexibility index (Phi) is 4.55. The lowest BCUT2D eigenvalue weighted by Gasteiger charge is -2.10. The molecule has 0 aliphatic carbocycles. The molecule has 0 saturated carbocycles. The molecule has 0 N–H and O–H groups in total. The lowest BCUT2D eigenvalue weighted by Crippen LogP contribution is -1.99. The lowest BCUT2D eigenvalue weighted by molar-refractivity contribution is -0.385. The topological polar surface area (TPSA) is 78.6 Å². The number of halogens is 1. The van der Waals surface area contributed by atoms with E-state index in [1.165, 1.54) is 24.4 Å². The number of non-ortho nitro benzene ring substituents is 1. The smallest absolute Gasteiger partial charge is 0.270 e. The summed E-state index contributed by atoms with van der Waals surface area (Å²) < 4.78 is 0. The molecule has 108 valence electrons. The summed E-state index contributed by atoms with van der Waals surface area (Å²) in [7, 11) is 0. The molecule has 21 heavy (non-hydrogen) atoms. The molecule has 0 spiro atoms. The van der Waals surface area contributed by atoms with Gasteiger partial charge >= 0.3 is 0 Å². The highest BCUT2D eigenvalue weighted by Crippen LogP contribution is 2.22. The van der Waals surface area contributed by atoms with E-state index in [4.69, 9.17) is 11.6 Å². The molecule has 2 aromatic rings. The number of nitro groups is 1. The van der Waals surface area contributed by atoms with Crippen molar-refractivity contribution >= 4 is 23.5 Å². The van der Waals surface area contributed by atoms with Crippen LogP contribution in [0.2, 0.25) is 5.02 Å². The molecule has 0 fully saturated rings. The minimum Gasteiger partial charge on any atom is -0.872 e. The predicted molar refractivity (Wildman–Crippen MR) is 80.0 cm³/mol. The Bertz CT molecular complexity index is 684. The Labute approximate surface area is 126 Å². The zero-order valence-corrected chi connectivity index (χ0v) is 11.9. The van der Waals surface area contributed by atoms with Gasteiger partial charge in [0.2, 0.25) is 0 Å². The highest BCUT2D eigenvalue weighted by Gasteiger charge is 2.06. The molecule has 0 radical (unpaired) electrons. The van der Waals surface area contributed by atoms with Crippen molar-refractivity contribution in [3.05, 3.63) is 68.7 Å². The summed E-state index contributed by atoms with van der Waals surface area (Å²) in [5, 5.41) is 23.0. The Hall–Kier alpha value is -2.40. The monoisotopic (exact) mass is 303 g/mol. The Morgan fingerprint density at radius 3 is 2.52 bits per heavy atom. The normalized spacial score (nSPS) is 12.5. The molecule has 0 unspecified atom stereocenters. The zero-order chi connectivity index (χ0) is 15.4. The zero-order valence-electron chi connectivity index (χ0n) is 11.2. The fourth-order valence-electron chi connectivity index (χ4n) is 1.77. The van der Waals surface area contributed by atoms with Crippen LogP contribution in [-0.2, 0) is 0 Å². The number of nitro benzene ring substituents is 1. The summed E-state index contributed by atoms with van der Waals surface area (Å²) >= 11 is 5.81. The SMILES string of the molecule is C[C@H](N=Cc1cc([N+](=O)[O-])ccc1[O-])c1ccc(Cl)cc1. The first kappa shape index (κ1) is 15.0. The fraction of sp³-hybridized carbons (Fsp3) is 0.133. The largest absolute Gasteiger partial charge is 0.872 e. The van der Waals surface area contributed by atoms with E-state index in [-0.39, 0.29) is 23.0 Å². The van der Waals surface area contributed by atoms with Crippen LogP contribution in [0, 0.1) is 10.1 Å². The van der Waals surface area contributed by atoms with E-state index in [0.29, 0.717) is 5.02 Å². The molecular formula is C15H12ClN2O3-. The number of hydrogen-bond acceptors (Lipinski definition) is 4. The van der Waals surface area contributed by atoms with E-state index in [9.17, 15) is 15.2 Å². The number of nitrogens with zero attached hydrogens (tertiary/aromatic N) is 2. The number of aliphatic imine (C=N–C) groups is 1. The highest BCUT2D eigenvalue weighted by molar-refractivity contribution is 6.30. The van der Waals surface area contributed by atoms with Gasteiger partial charge in [0.25, 0.3) is 5.69 Å². The van der Waals surface area contributed by atoms with Crippen molar-refractivity contribution in [2.24, 2.45) is 4.99 Å². The van der Waals surface area contributed by atoms with E-state index < -0.39 is 4.92 Å². The molecule has 0 heterocycles. The van der Waals surface area contributed by atoms with Crippen LogP contribution in [-0.4, -0.2) is 11.1 Å². The lowest BCUT2D eigenvalue weighted by atomic mass is 10.1. The first-order chi connectivity index (χ1) is 9.97. The Morgan fingerprint density at radius 2 is 1.90 bits per heavy atom. The Morgan fingerprint density at radius 1 is 1.24 bits per heavy atom. The van der Waals surface area contributed by atoms with Crippen molar-refractivity contribution in [3.63, 3.8) is 0 Å². The maximum atomic E-state index is 11.7. The van der Waals surface area contributed by atoms with Gasteiger partial charge in [-0.05, 0) is 30.2 Å². The number of benzene rings is 2. The minimum absolute atomic E-state index is 0.129. The van der Waals surface area contributed by atoms with Gasteiger partial charge in [0, 0.05) is 23.4 Å². The molecule has 0 aromatic heterocycles. The molecule has 2 rings (SSSR count). The summed E-state index contributed by atoms with van der Waals surface area (Å²) in [4.78, 5) is 14.4.